The normalized spacial score (nSPS) is 11.7. The number of nitrogens with zero attached hydrogens (tertiary/aromatic N) is 2. The average Bonchev–Trinajstić information content (AvgIpc) is 2.84. The predicted molar refractivity (Wildman–Crippen MR) is 144 cm³/mol. The SMILES string of the molecule is CCC[N+](C)(C)CCOCCOCCOCCOCCN(Cc1ccccc1)c1cccc(C)c1. The molecular formula is C29H47N2O4+. The molecule has 0 radical (unpaired) electrons. The number of hydrogen-bond donors (Lipinski definition) is 0. The van der Waals surface area contributed by atoms with Gasteiger partial charge in [-0.05, 0) is 36.6 Å². The highest BCUT2D eigenvalue weighted by Gasteiger charge is 2.12. The number of rotatable bonds is 20. The van der Waals surface area contributed by atoms with Gasteiger partial charge in [0.1, 0.15) is 6.54 Å². The van der Waals surface area contributed by atoms with Gasteiger partial charge in [0.15, 0.2) is 0 Å². The van der Waals surface area contributed by atoms with Crippen LogP contribution in [0.5, 0.6) is 0 Å². The monoisotopic (exact) mass is 487 g/mol. The third kappa shape index (κ3) is 13.6. The fourth-order valence-electron chi connectivity index (χ4n) is 3.89. The van der Waals surface area contributed by atoms with E-state index in [-0.39, 0.29) is 0 Å². The van der Waals surface area contributed by atoms with Gasteiger partial charge in [0.05, 0.1) is 73.5 Å². The third-order valence-corrected chi connectivity index (χ3v) is 5.87. The summed E-state index contributed by atoms with van der Waals surface area (Å²) >= 11 is 0. The van der Waals surface area contributed by atoms with E-state index < -0.39 is 0 Å². The molecule has 0 aliphatic carbocycles. The topological polar surface area (TPSA) is 40.2 Å². The molecule has 0 aliphatic rings. The molecule has 0 amide bonds. The van der Waals surface area contributed by atoms with Gasteiger partial charge in [0.25, 0.3) is 0 Å². The molecule has 2 rings (SSSR count). The van der Waals surface area contributed by atoms with Crippen LogP contribution < -0.4 is 4.90 Å². The van der Waals surface area contributed by atoms with E-state index in [0.717, 1.165) is 30.7 Å². The predicted octanol–water partition coefficient (Wildman–Crippen LogP) is 4.55. The fourth-order valence-corrected chi connectivity index (χ4v) is 3.89. The molecule has 2 aromatic rings. The van der Waals surface area contributed by atoms with Gasteiger partial charge in [-0.25, -0.2) is 0 Å². The van der Waals surface area contributed by atoms with Crippen LogP contribution in [0.1, 0.15) is 24.5 Å². The van der Waals surface area contributed by atoms with Crippen LogP contribution >= 0.6 is 0 Å². The lowest BCUT2D eigenvalue weighted by atomic mass is 10.1. The van der Waals surface area contributed by atoms with E-state index in [1.807, 2.05) is 0 Å². The van der Waals surface area contributed by atoms with Crippen molar-refractivity contribution in [3.8, 4) is 0 Å². The van der Waals surface area contributed by atoms with Crippen molar-refractivity contribution in [1.29, 1.82) is 0 Å². The summed E-state index contributed by atoms with van der Waals surface area (Å²) in [4.78, 5) is 2.36. The Hall–Kier alpha value is -1.96. The first-order valence-electron chi connectivity index (χ1n) is 13.0. The molecule has 6 nitrogen and oxygen atoms in total. The van der Waals surface area contributed by atoms with Gasteiger partial charge in [-0.2, -0.15) is 0 Å². The maximum Gasteiger partial charge on any atom is 0.102 e. The molecule has 196 valence electrons. The third-order valence-electron chi connectivity index (χ3n) is 5.87. The molecule has 0 aliphatic heterocycles. The summed E-state index contributed by atoms with van der Waals surface area (Å²) < 4.78 is 23.7. The van der Waals surface area contributed by atoms with Crippen molar-refractivity contribution < 1.29 is 23.4 Å². The van der Waals surface area contributed by atoms with E-state index in [4.69, 9.17) is 18.9 Å². The van der Waals surface area contributed by atoms with Crippen molar-refractivity contribution in [3.05, 3.63) is 65.7 Å². The summed E-state index contributed by atoms with van der Waals surface area (Å²) in [6, 6.07) is 19.2. The molecule has 0 aromatic heterocycles. The lowest BCUT2D eigenvalue weighted by Gasteiger charge is -2.29. The van der Waals surface area contributed by atoms with E-state index in [1.165, 1.54) is 29.8 Å². The van der Waals surface area contributed by atoms with Crippen molar-refractivity contribution in [1.82, 2.24) is 0 Å². The molecule has 0 N–H and O–H groups in total. The summed E-state index contributed by atoms with van der Waals surface area (Å²) in [6.45, 7) is 13.2. The molecular weight excluding hydrogens is 440 g/mol. The van der Waals surface area contributed by atoms with Crippen LogP contribution in [0.3, 0.4) is 0 Å². The van der Waals surface area contributed by atoms with Crippen molar-refractivity contribution in [2.45, 2.75) is 26.8 Å². The van der Waals surface area contributed by atoms with Crippen LogP contribution in [-0.4, -0.2) is 91.1 Å². The fraction of sp³-hybridized carbons (Fsp3) is 0.586. The minimum atomic E-state index is 0.577. The zero-order valence-electron chi connectivity index (χ0n) is 22.4. The summed E-state index contributed by atoms with van der Waals surface area (Å²) in [7, 11) is 4.49. The highest BCUT2D eigenvalue weighted by molar-refractivity contribution is 5.49. The molecule has 0 saturated heterocycles. The number of anilines is 1. The summed E-state index contributed by atoms with van der Waals surface area (Å²) in [5, 5.41) is 0. The van der Waals surface area contributed by atoms with Gasteiger partial charge in [0, 0.05) is 18.8 Å². The Morgan fingerprint density at radius 3 is 1.89 bits per heavy atom. The number of quaternary nitrogens is 1. The van der Waals surface area contributed by atoms with Crippen LogP contribution in [0.25, 0.3) is 0 Å². The minimum absolute atomic E-state index is 0.577. The first kappa shape index (κ1) is 29.3. The summed E-state index contributed by atoms with van der Waals surface area (Å²) in [6.07, 6.45) is 1.20. The van der Waals surface area contributed by atoms with Gasteiger partial charge in [-0.1, -0.05) is 49.4 Å². The number of hydrogen-bond acceptors (Lipinski definition) is 5. The van der Waals surface area contributed by atoms with Gasteiger partial charge >= 0.3 is 0 Å². The zero-order chi connectivity index (χ0) is 25.2. The second kappa shape index (κ2) is 17.5. The van der Waals surface area contributed by atoms with Crippen LogP contribution in [0.15, 0.2) is 54.6 Å². The Bertz CT molecular complexity index is 785. The Balaban J connectivity index is 1.50. The average molecular weight is 488 g/mol. The van der Waals surface area contributed by atoms with Crippen molar-refractivity contribution in [2.24, 2.45) is 0 Å². The molecule has 0 atom stereocenters. The maximum absolute atomic E-state index is 5.84. The number of aryl methyl sites for hydroxylation is 1. The van der Waals surface area contributed by atoms with Crippen LogP contribution in [0, 0.1) is 6.92 Å². The Morgan fingerprint density at radius 1 is 0.686 bits per heavy atom. The van der Waals surface area contributed by atoms with E-state index in [0.29, 0.717) is 46.2 Å². The highest BCUT2D eigenvalue weighted by atomic mass is 16.6. The molecule has 0 spiro atoms. The minimum Gasteiger partial charge on any atom is -0.377 e. The Morgan fingerprint density at radius 2 is 1.29 bits per heavy atom. The molecule has 6 heteroatoms. The lowest BCUT2D eigenvalue weighted by molar-refractivity contribution is -0.890. The smallest absolute Gasteiger partial charge is 0.102 e. The van der Waals surface area contributed by atoms with E-state index in [2.05, 4.69) is 87.4 Å². The highest BCUT2D eigenvalue weighted by Crippen LogP contribution is 2.18. The van der Waals surface area contributed by atoms with Gasteiger partial charge in [-0.3, -0.25) is 0 Å². The van der Waals surface area contributed by atoms with E-state index in [1.54, 1.807) is 0 Å². The molecule has 35 heavy (non-hydrogen) atoms. The standard InChI is InChI=1S/C29H47N2O4/c1-5-15-31(3,4)16-18-33-20-22-35-24-23-34-21-19-32-17-14-30(26-28-11-7-6-8-12-28)29-13-9-10-27(2)25-29/h6-13,25H,5,14-24,26H2,1-4H3/q+1. The van der Waals surface area contributed by atoms with E-state index in [9.17, 15) is 0 Å². The number of benzene rings is 2. The molecule has 2 aromatic carbocycles. The van der Waals surface area contributed by atoms with Crippen molar-refractivity contribution >= 4 is 5.69 Å². The van der Waals surface area contributed by atoms with Crippen LogP contribution in [0.2, 0.25) is 0 Å². The van der Waals surface area contributed by atoms with Crippen molar-refractivity contribution in [3.63, 3.8) is 0 Å². The molecule has 0 heterocycles. The zero-order valence-corrected chi connectivity index (χ0v) is 22.4. The summed E-state index contributed by atoms with van der Waals surface area (Å²) in [5.41, 5.74) is 3.78. The lowest BCUT2D eigenvalue weighted by Crippen LogP contribution is -2.42. The first-order chi connectivity index (χ1) is 17.0. The molecule has 0 fully saturated rings. The second-order valence-corrected chi connectivity index (χ2v) is 9.58. The molecule has 0 unspecified atom stereocenters. The summed E-state index contributed by atoms with van der Waals surface area (Å²) in [5.74, 6) is 0. The van der Waals surface area contributed by atoms with Gasteiger partial charge in [-0.15, -0.1) is 0 Å². The Labute approximate surface area is 213 Å². The van der Waals surface area contributed by atoms with Crippen LogP contribution in [0.4, 0.5) is 5.69 Å². The largest absolute Gasteiger partial charge is 0.377 e. The molecule has 0 saturated carbocycles. The van der Waals surface area contributed by atoms with Gasteiger partial charge in [0.2, 0.25) is 0 Å². The Kier molecular flexibility index (Phi) is 14.6. The molecule has 0 bridgehead atoms. The number of ether oxygens (including phenoxy) is 4. The second-order valence-electron chi connectivity index (χ2n) is 9.58. The first-order valence-corrected chi connectivity index (χ1v) is 13.0. The van der Waals surface area contributed by atoms with Crippen molar-refractivity contribution in [2.75, 3.05) is 91.5 Å². The maximum atomic E-state index is 5.84. The quantitative estimate of drug-likeness (QED) is 0.202. The van der Waals surface area contributed by atoms with Crippen LogP contribution in [-0.2, 0) is 25.5 Å². The number of likely N-dealkylation sites (N-methyl/N-ethyl adjacent to an activating group) is 1. The van der Waals surface area contributed by atoms with E-state index >= 15 is 0 Å². The van der Waals surface area contributed by atoms with Gasteiger partial charge < -0.3 is 28.3 Å².